The first kappa shape index (κ1) is 12.7. The summed E-state index contributed by atoms with van der Waals surface area (Å²) in [5.74, 6) is 0. The molecule has 2 rings (SSSR count). The van der Waals surface area contributed by atoms with Crippen LogP contribution in [0.15, 0.2) is 18.2 Å². The van der Waals surface area contributed by atoms with E-state index in [0.29, 0.717) is 6.04 Å². The summed E-state index contributed by atoms with van der Waals surface area (Å²) in [5.41, 5.74) is 2.40. The standard InChI is InChI=1S/C14H21ClN2/c1-11(2)16-6-8-17(9-7-16)13-5-4-12(3)14(15)10-13/h4-5,10-11H,6-9H2,1-3H3. The number of hydrogen-bond donors (Lipinski definition) is 0. The van der Waals surface area contributed by atoms with Gasteiger partial charge in [0, 0.05) is 42.9 Å². The number of nitrogens with zero attached hydrogens (tertiary/aromatic N) is 2. The number of halogens is 1. The van der Waals surface area contributed by atoms with Crippen molar-refractivity contribution in [2.45, 2.75) is 26.8 Å². The third kappa shape index (κ3) is 2.93. The van der Waals surface area contributed by atoms with Gasteiger partial charge >= 0.3 is 0 Å². The molecule has 0 aliphatic carbocycles. The SMILES string of the molecule is Cc1ccc(N2CCN(C(C)C)CC2)cc1Cl. The molecule has 3 heteroatoms. The molecule has 1 aliphatic heterocycles. The van der Waals surface area contributed by atoms with Gasteiger partial charge in [0.25, 0.3) is 0 Å². The largest absolute Gasteiger partial charge is 0.369 e. The first-order valence-corrected chi connectivity index (χ1v) is 6.71. The van der Waals surface area contributed by atoms with E-state index in [1.54, 1.807) is 0 Å². The molecule has 2 nitrogen and oxygen atoms in total. The van der Waals surface area contributed by atoms with E-state index in [4.69, 9.17) is 11.6 Å². The van der Waals surface area contributed by atoms with Crippen molar-refractivity contribution in [3.05, 3.63) is 28.8 Å². The van der Waals surface area contributed by atoms with E-state index in [0.717, 1.165) is 36.8 Å². The average molecular weight is 253 g/mol. The minimum atomic E-state index is 0.652. The van der Waals surface area contributed by atoms with E-state index >= 15 is 0 Å². The fourth-order valence-corrected chi connectivity index (χ4v) is 2.45. The Kier molecular flexibility index (Phi) is 3.95. The molecule has 1 aromatic rings. The highest BCUT2D eigenvalue weighted by molar-refractivity contribution is 6.31. The second-order valence-corrected chi connectivity index (χ2v) is 5.46. The van der Waals surface area contributed by atoms with E-state index in [1.165, 1.54) is 5.69 Å². The van der Waals surface area contributed by atoms with Gasteiger partial charge in [-0.25, -0.2) is 0 Å². The van der Waals surface area contributed by atoms with Crippen LogP contribution in [0.2, 0.25) is 5.02 Å². The molecule has 94 valence electrons. The predicted molar refractivity (Wildman–Crippen MR) is 75.1 cm³/mol. The Hall–Kier alpha value is -0.730. The quantitative estimate of drug-likeness (QED) is 0.798. The zero-order valence-electron chi connectivity index (χ0n) is 10.9. The van der Waals surface area contributed by atoms with Crippen molar-refractivity contribution < 1.29 is 0 Å². The minimum absolute atomic E-state index is 0.652. The van der Waals surface area contributed by atoms with Crippen molar-refractivity contribution in [2.75, 3.05) is 31.1 Å². The topological polar surface area (TPSA) is 6.48 Å². The molecule has 1 aliphatic rings. The third-order valence-electron chi connectivity index (χ3n) is 3.57. The van der Waals surface area contributed by atoms with Crippen LogP contribution in [0.25, 0.3) is 0 Å². The van der Waals surface area contributed by atoms with Gasteiger partial charge in [-0.15, -0.1) is 0 Å². The molecule has 0 N–H and O–H groups in total. The minimum Gasteiger partial charge on any atom is -0.369 e. The van der Waals surface area contributed by atoms with Crippen molar-refractivity contribution in [3.8, 4) is 0 Å². The summed E-state index contributed by atoms with van der Waals surface area (Å²) < 4.78 is 0. The summed E-state index contributed by atoms with van der Waals surface area (Å²) >= 11 is 6.18. The van der Waals surface area contributed by atoms with Crippen LogP contribution >= 0.6 is 11.6 Å². The second-order valence-electron chi connectivity index (χ2n) is 5.05. The Labute approximate surface area is 109 Å². The van der Waals surface area contributed by atoms with E-state index in [9.17, 15) is 0 Å². The van der Waals surface area contributed by atoms with Gasteiger partial charge in [0.2, 0.25) is 0 Å². The highest BCUT2D eigenvalue weighted by Gasteiger charge is 2.19. The third-order valence-corrected chi connectivity index (χ3v) is 3.97. The van der Waals surface area contributed by atoms with Gasteiger partial charge in [-0.1, -0.05) is 17.7 Å². The molecule has 0 aromatic heterocycles. The summed E-state index contributed by atoms with van der Waals surface area (Å²) in [5, 5.41) is 0.869. The average Bonchev–Trinajstić information content (AvgIpc) is 2.33. The Morgan fingerprint density at radius 2 is 1.76 bits per heavy atom. The number of hydrogen-bond acceptors (Lipinski definition) is 2. The molecule has 1 fully saturated rings. The lowest BCUT2D eigenvalue weighted by Crippen LogP contribution is -2.48. The second kappa shape index (κ2) is 5.28. The summed E-state index contributed by atoms with van der Waals surface area (Å²) in [6.45, 7) is 11.0. The molecule has 1 saturated heterocycles. The molecule has 17 heavy (non-hydrogen) atoms. The molecule has 1 aromatic carbocycles. The lowest BCUT2D eigenvalue weighted by atomic mass is 10.2. The van der Waals surface area contributed by atoms with Gasteiger partial charge in [0.1, 0.15) is 0 Å². The Morgan fingerprint density at radius 3 is 2.29 bits per heavy atom. The maximum atomic E-state index is 6.18. The summed E-state index contributed by atoms with van der Waals surface area (Å²) in [4.78, 5) is 4.94. The van der Waals surface area contributed by atoms with E-state index in [2.05, 4.69) is 41.8 Å². The van der Waals surface area contributed by atoms with Crippen LogP contribution in [0.5, 0.6) is 0 Å². The summed E-state index contributed by atoms with van der Waals surface area (Å²) in [6, 6.07) is 7.01. The highest BCUT2D eigenvalue weighted by atomic mass is 35.5. The molecule has 0 saturated carbocycles. The molecule has 0 unspecified atom stereocenters. The van der Waals surface area contributed by atoms with Crippen molar-refractivity contribution >= 4 is 17.3 Å². The van der Waals surface area contributed by atoms with Gasteiger partial charge < -0.3 is 4.90 Å². The number of anilines is 1. The van der Waals surface area contributed by atoms with Gasteiger partial charge in [-0.05, 0) is 38.5 Å². The monoisotopic (exact) mass is 252 g/mol. The summed E-state index contributed by atoms with van der Waals surface area (Å²) in [6.07, 6.45) is 0. The zero-order valence-corrected chi connectivity index (χ0v) is 11.7. The highest BCUT2D eigenvalue weighted by Crippen LogP contribution is 2.24. The van der Waals surface area contributed by atoms with Gasteiger partial charge in [-0.3, -0.25) is 4.90 Å². The van der Waals surface area contributed by atoms with Gasteiger partial charge in [0.05, 0.1) is 0 Å². The lowest BCUT2D eigenvalue weighted by molar-refractivity contribution is 0.209. The van der Waals surface area contributed by atoms with Crippen molar-refractivity contribution in [1.29, 1.82) is 0 Å². The molecule has 0 amide bonds. The van der Waals surface area contributed by atoms with Crippen molar-refractivity contribution in [3.63, 3.8) is 0 Å². The van der Waals surface area contributed by atoms with Crippen molar-refractivity contribution in [1.82, 2.24) is 4.90 Å². The molecule has 0 radical (unpaired) electrons. The van der Waals surface area contributed by atoms with Gasteiger partial charge in [-0.2, -0.15) is 0 Å². The molecule has 0 atom stereocenters. The van der Waals surface area contributed by atoms with Crippen LogP contribution in [0, 0.1) is 6.92 Å². The zero-order chi connectivity index (χ0) is 12.4. The smallest absolute Gasteiger partial charge is 0.0455 e. The van der Waals surface area contributed by atoms with Crippen LogP contribution in [-0.2, 0) is 0 Å². The van der Waals surface area contributed by atoms with Gasteiger partial charge in [0.15, 0.2) is 0 Å². The number of aryl methyl sites for hydroxylation is 1. The molecule has 1 heterocycles. The molecule has 0 spiro atoms. The Bertz CT molecular complexity index is 382. The maximum Gasteiger partial charge on any atom is 0.0455 e. The number of rotatable bonds is 2. The summed E-state index contributed by atoms with van der Waals surface area (Å²) in [7, 11) is 0. The van der Waals surface area contributed by atoms with Crippen molar-refractivity contribution in [2.24, 2.45) is 0 Å². The molecular formula is C14H21ClN2. The first-order valence-electron chi connectivity index (χ1n) is 6.33. The maximum absolute atomic E-state index is 6.18. The van der Waals surface area contributed by atoms with Crippen LogP contribution < -0.4 is 4.90 Å². The Balaban J connectivity index is 2.03. The van der Waals surface area contributed by atoms with Crippen LogP contribution in [0.4, 0.5) is 5.69 Å². The fourth-order valence-electron chi connectivity index (χ4n) is 2.27. The molecule has 0 bridgehead atoms. The van der Waals surface area contributed by atoms with E-state index in [-0.39, 0.29) is 0 Å². The Morgan fingerprint density at radius 1 is 1.12 bits per heavy atom. The normalized spacial score (nSPS) is 17.8. The number of piperazine rings is 1. The van der Waals surface area contributed by atoms with Crippen LogP contribution in [0.3, 0.4) is 0 Å². The van der Waals surface area contributed by atoms with Crippen LogP contribution in [0.1, 0.15) is 19.4 Å². The molecular weight excluding hydrogens is 232 g/mol. The van der Waals surface area contributed by atoms with E-state index in [1.807, 2.05) is 6.92 Å². The number of benzene rings is 1. The van der Waals surface area contributed by atoms with E-state index < -0.39 is 0 Å². The first-order chi connectivity index (χ1) is 8.08. The van der Waals surface area contributed by atoms with Crippen LogP contribution in [-0.4, -0.2) is 37.1 Å². The predicted octanol–water partition coefficient (Wildman–Crippen LogP) is 3.18. The fraction of sp³-hybridized carbons (Fsp3) is 0.571. The lowest BCUT2D eigenvalue weighted by Gasteiger charge is -2.38.